The van der Waals surface area contributed by atoms with Gasteiger partial charge in [-0.1, -0.05) is 13.8 Å². The smallest absolute Gasteiger partial charge is 0.0774 e. The van der Waals surface area contributed by atoms with Crippen LogP contribution in [-0.4, -0.2) is 41.5 Å². The van der Waals surface area contributed by atoms with Crippen LogP contribution in [0.1, 0.15) is 38.4 Å². The van der Waals surface area contributed by atoms with Gasteiger partial charge in [0.15, 0.2) is 0 Å². The van der Waals surface area contributed by atoms with Crippen molar-refractivity contribution in [2.24, 2.45) is 0 Å². The van der Waals surface area contributed by atoms with E-state index >= 15 is 0 Å². The van der Waals surface area contributed by atoms with Gasteiger partial charge >= 0.3 is 0 Å². The maximum atomic E-state index is 4.44. The Hall–Kier alpha value is -1.00. The fourth-order valence-electron chi connectivity index (χ4n) is 2.70. The first-order valence-electron chi connectivity index (χ1n) is 6.23. The number of hydrogen-bond donors (Lipinski definition) is 1. The predicted molar refractivity (Wildman–Crippen MR) is 70.8 cm³/mol. The van der Waals surface area contributed by atoms with Crippen molar-refractivity contribution >= 4 is 0 Å². The van der Waals surface area contributed by atoms with E-state index in [-0.39, 0.29) is 11.6 Å². The molecule has 0 bridgehead atoms. The number of hydrogen-bond acceptors (Lipinski definition) is 4. The molecule has 0 aliphatic heterocycles. The van der Waals surface area contributed by atoms with Crippen LogP contribution < -0.4 is 5.32 Å². The fraction of sp³-hybridized carbons (Fsp3) is 0.692. The molecule has 96 valence electrons. The molecule has 4 nitrogen and oxygen atoms in total. The summed E-state index contributed by atoms with van der Waals surface area (Å²) in [6.45, 7) is 4.45. The van der Waals surface area contributed by atoms with Gasteiger partial charge < -0.3 is 10.2 Å². The number of nitrogens with one attached hydrogen (secondary N) is 1. The molecule has 1 rings (SSSR count). The van der Waals surface area contributed by atoms with Crippen molar-refractivity contribution in [3.63, 3.8) is 0 Å². The third-order valence-electron chi connectivity index (χ3n) is 3.82. The zero-order valence-electron chi connectivity index (χ0n) is 11.6. The summed E-state index contributed by atoms with van der Waals surface area (Å²) in [5.41, 5.74) is 1.08. The predicted octanol–water partition coefficient (Wildman–Crippen LogP) is 1.86. The second-order valence-corrected chi connectivity index (χ2v) is 4.56. The van der Waals surface area contributed by atoms with E-state index in [0.717, 1.165) is 18.5 Å². The van der Waals surface area contributed by atoms with Crippen LogP contribution in [0.4, 0.5) is 0 Å². The van der Waals surface area contributed by atoms with Gasteiger partial charge in [-0.2, -0.15) is 0 Å². The summed E-state index contributed by atoms with van der Waals surface area (Å²) in [5.74, 6) is 0. The summed E-state index contributed by atoms with van der Waals surface area (Å²) in [6, 6.07) is 0.196. The van der Waals surface area contributed by atoms with Crippen molar-refractivity contribution in [3.05, 3.63) is 24.3 Å². The quantitative estimate of drug-likeness (QED) is 0.818. The molecule has 1 aromatic heterocycles. The Balaban J connectivity index is 3.14. The molecule has 0 spiro atoms. The first-order chi connectivity index (χ1) is 8.12. The lowest BCUT2D eigenvalue weighted by Gasteiger charge is -2.44. The molecule has 0 radical (unpaired) electrons. The van der Waals surface area contributed by atoms with Gasteiger partial charge in [0, 0.05) is 17.9 Å². The molecule has 0 fully saturated rings. The van der Waals surface area contributed by atoms with Crippen LogP contribution in [0.2, 0.25) is 0 Å². The van der Waals surface area contributed by atoms with Crippen LogP contribution in [0.3, 0.4) is 0 Å². The number of rotatable bonds is 6. The van der Waals surface area contributed by atoms with E-state index < -0.39 is 0 Å². The average Bonchev–Trinajstić information content (AvgIpc) is 2.36. The first kappa shape index (κ1) is 14.1. The van der Waals surface area contributed by atoms with Crippen LogP contribution >= 0.6 is 0 Å². The third kappa shape index (κ3) is 2.64. The summed E-state index contributed by atoms with van der Waals surface area (Å²) in [6.07, 6.45) is 7.46. The normalized spacial score (nSPS) is 14.0. The summed E-state index contributed by atoms with van der Waals surface area (Å²) >= 11 is 0. The van der Waals surface area contributed by atoms with Crippen LogP contribution in [0, 0.1) is 0 Å². The zero-order chi connectivity index (χ0) is 12.9. The van der Waals surface area contributed by atoms with Crippen molar-refractivity contribution < 1.29 is 0 Å². The fourth-order valence-corrected chi connectivity index (χ4v) is 2.70. The molecule has 17 heavy (non-hydrogen) atoms. The molecule has 1 unspecified atom stereocenters. The lowest BCUT2D eigenvalue weighted by atomic mass is 9.81. The van der Waals surface area contributed by atoms with Crippen molar-refractivity contribution in [2.75, 3.05) is 21.1 Å². The standard InChI is InChI=1S/C13H24N4/c1-6-13(7-2,17(4)5)12(14-3)11-10-15-8-9-16-11/h8-10,12,14H,6-7H2,1-5H3. The molecule has 1 heterocycles. The van der Waals surface area contributed by atoms with Crippen LogP contribution in [0.5, 0.6) is 0 Å². The Kier molecular flexibility index (Phi) is 5.02. The van der Waals surface area contributed by atoms with Gasteiger partial charge in [-0.25, -0.2) is 0 Å². The van der Waals surface area contributed by atoms with Crippen molar-refractivity contribution in [2.45, 2.75) is 38.3 Å². The molecule has 4 heteroatoms. The van der Waals surface area contributed by atoms with Crippen molar-refractivity contribution in [3.8, 4) is 0 Å². The number of aromatic nitrogens is 2. The lowest BCUT2D eigenvalue weighted by molar-refractivity contribution is 0.0897. The van der Waals surface area contributed by atoms with E-state index in [1.165, 1.54) is 0 Å². The first-order valence-corrected chi connectivity index (χ1v) is 6.23. The molecule has 1 aromatic rings. The van der Waals surface area contributed by atoms with E-state index in [0.29, 0.717) is 0 Å². The Morgan fingerprint density at radius 3 is 2.29 bits per heavy atom. The van der Waals surface area contributed by atoms with Gasteiger partial charge in [-0.3, -0.25) is 9.97 Å². The van der Waals surface area contributed by atoms with Gasteiger partial charge in [0.05, 0.1) is 17.9 Å². The van der Waals surface area contributed by atoms with E-state index in [1.54, 1.807) is 12.4 Å². The molecule has 0 aliphatic carbocycles. The summed E-state index contributed by atoms with van der Waals surface area (Å²) < 4.78 is 0. The molecule has 0 aliphatic rings. The van der Waals surface area contributed by atoms with Gasteiger partial charge in [0.2, 0.25) is 0 Å². The second-order valence-electron chi connectivity index (χ2n) is 4.56. The monoisotopic (exact) mass is 236 g/mol. The van der Waals surface area contributed by atoms with Gasteiger partial charge in [-0.15, -0.1) is 0 Å². The average molecular weight is 236 g/mol. The zero-order valence-corrected chi connectivity index (χ0v) is 11.6. The Morgan fingerprint density at radius 1 is 1.29 bits per heavy atom. The van der Waals surface area contributed by atoms with E-state index in [2.05, 4.69) is 48.1 Å². The minimum absolute atomic E-state index is 0.0742. The summed E-state index contributed by atoms with van der Waals surface area (Å²) in [7, 11) is 6.25. The van der Waals surface area contributed by atoms with Crippen molar-refractivity contribution in [1.29, 1.82) is 0 Å². The minimum Gasteiger partial charge on any atom is -0.310 e. The largest absolute Gasteiger partial charge is 0.310 e. The number of nitrogens with zero attached hydrogens (tertiary/aromatic N) is 3. The molecule has 0 saturated carbocycles. The molecular formula is C13H24N4. The molecule has 1 atom stereocenters. The molecular weight excluding hydrogens is 212 g/mol. The van der Waals surface area contributed by atoms with Crippen LogP contribution in [-0.2, 0) is 0 Å². The highest BCUT2D eigenvalue weighted by Crippen LogP contribution is 2.34. The maximum absolute atomic E-state index is 4.44. The summed E-state index contributed by atoms with van der Waals surface area (Å²) in [5, 5.41) is 3.40. The Bertz CT molecular complexity index is 319. The Labute approximate surface area is 104 Å². The third-order valence-corrected chi connectivity index (χ3v) is 3.82. The molecule has 0 saturated heterocycles. The van der Waals surface area contributed by atoms with E-state index in [1.807, 2.05) is 13.2 Å². The SMILES string of the molecule is CCC(CC)(C(NC)c1cnccn1)N(C)C. The van der Waals surface area contributed by atoms with E-state index in [9.17, 15) is 0 Å². The van der Waals surface area contributed by atoms with Crippen LogP contribution in [0.25, 0.3) is 0 Å². The lowest BCUT2D eigenvalue weighted by Crippen LogP contribution is -2.52. The highest BCUT2D eigenvalue weighted by Gasteiger charge is 2.38. The summed E-state index contributed by atoms with van der Waals surface area (Å²) in [4.78, 5) is 10.9. The molecule has 1 N–H and O–H groups in total. The number of likely N-dealkylation sites (N-methyl/N-ethyl adjacent to an activating group) is 2. The van der Waals surface area contributed by atoms with E-state index in [4.69, 9.17) is 0 Å². The Morgan fingerprint density at radius 2 is 1.94 bits per heavy atom. The van der Waals surface area contributed by atoms with Crippen LogP contribution in [0.15, 0.2) is 18.6 Å². The van der Waals surface area contributed by atoms with Gasteiger partial charge in [0.25, 0.3) is 0 Å². The highest BCUT2D eigenvalue weighted by atomic mass is 15.2. The molecule has 0 amide bonds. The molecule has 0 aromatic carbocycles. The minimum atomic E-state index is 0.0742. The van der Waals surface area contributed by atoms with Gasteiger partial charge in [-0.05, 0) is 34.0 Å². The maximum Gasteiger partial charge on any atom is 0.0774 e. The van der Waals surface area contributed by atoms with Gasteiger partial charge in [0.1, 0.15) is 0 Å². The van der Waals surface area contributed by atoms with Crippen molar-refractivity contribution in [1.82, 2.24) is 20.2 Å². The second kappa shape index (κ2) is 6.07. The highest BCUT2D eigenvalue weighted by molar-refractivity contribution is 5.12. The topological polar surface area (TPSA) is 41.1 Å².